The molecule has 0 aliphatic carbocycles. The highest BCUT2D eigenvalue weighted by Gasteiger charge is 2.07. The lowest BCUT2D eigenvalue weighted by molar-refractivity contribution is 0.400. The van der Waals surface area contributed by atoms with E-state index in [4.69, 9.17) is 0 Å². The van der Waals surface area contributed by atoms with Crippen LogP contribution in [0.1, 0.15) is 18.7 Å². The molecule has 0 saturated carbocycles. The van der Waals surface area contributed by atoms with Gasteiger partial charge < -0.3 is 15.1 Å². The molecule has 0 unspecified atom stereocenters. The van der Waals surface area contributed by atoms with Gasteiger partial charge in [0.05, 0.1) is 0 Å². The van der Waals surface area contributed by atoms with Gasteiger partial charge in [-0.2, -0.15) is 0 Å². The lowest BCUT2D eigenvalue weighted by atomic mass is 10.5. The Bertz CT molecular complexity index is 307. The summed E-state index contributed by atoms with van der Waals surface area (Å²) >= 11 is 1.79. The topological polar surface area (TPSA) is 31.4 Å². The van der Waals surface area contributed by atoms with Crippen molar-refractivity contribution < 1.29 is 0 Å². The van der Waals surface area contributed by atoms with E-state index < -0.39 is 0 Å². The highest BCUT2D eigenvalue weighted by Crippen LogP contribution is 2.21. The minimum atomic E-state index is 0.923. The zero-order chi connectivity index (χ0) is 12.7. The molecule has 1 aromatic rings. The fraction of sp³-hybridized carbons (Fsp3) is 0.750. The first-order valence-electron chi connectivity index (χ1n) is 6.22. The van der Waals surface area contributed by atoms with Crippen molar-refractivity contribution in [3.63, 3.8) is 0 Å². The van der Waals surface area contributed by atoms with Crippen LogP contribution in [0.5, 0.6) is 0 Å². The second-order valence-electron chi connectivity index (χ2n) is 4.26. The van der Waals surface area contributed by atoms with Crippen LogP contribution in [0.4, 0.5) is 5.13 Å². The van der Waals surface area contributed by atoms with Gasteiger partial charge in [-0.1, -0.05) is 0 Å². The molecule has 1 aromatic heterocycles. The van der Waals surface area contributed by atoms with Crippen LogP contribution in [0.2, 0.25) is 0 Å². The lowest BCUT2D eigenvalue weighted by Gasteiger charge is -2.16. The van der Waals surface area contributed by atoms with E-state index in [1.165, 1.54) is 4.88 Å². The molecule has 0 atom stereocenters. The molecule has 5 heteroatoms. The lowest BCUT2D eigenvalue weighted by Crippen LogP contribution is -2.25. The Morgan fingerprint density at radius 2 is 2.00 bits per heavy atom. The van der Waals surface area contributed by atoms with Crippen molar-refractivity contribution in [2.24, 2.45) is 0 Å². The van der Waals surface area contributed by atoms with Gasteiger partial charge in [0.25, 0.3) is 0 Å². The third kappa shape index (κ3) is 5.02. The maximum atomic E-state index is 4.47. The minimum Gasteiger partial charge on any atom is -0.349 e. The standard InChI is InChI=1S/C12H24N4S/c1-5-16(6-2)12-14-10-11(17-12)9-13-7-8-15(3)4/h10,13H,5-9H2,1-4H3. The molecule has 0 radical (unpaired) electrons. The average Bonchev–Trinajstić information content (AvgIpc) is 2.75. The van der Waals surface area contributed by atoms with Crippen molar-refractivity contribution in [3.8, 4) is 0 Å². The number of anilines is 1. The van der Waals surface area contributed by atoms with Crippen LogP contribution in [0.3, 0.4) is 0 Å². The Hall–Kier alpha value is -0.650. The highest BCUT2D eigenvalue weighted by molar-refractivity contribution is 7.15. The number of thiazole rings is 1. The maximum absolute atomic E-state index is 4.47. The first-order valence-corrected chi connectivity index (χ1v) is 7.04. The fourth-order valence-corrected chi connectivity index (χ4v) is 2.54. The number of nitrogens with one attached hydrogen (secondary N) is 1. The number of likely N-dealkylation sites (N-methyl/N-ethyl adjacent to an activating group) is 1. The molecule has 0 aromatic carbocycles. The van der Waals surface area contributed by atoms with Gasteiger partial charge in [-0.3, -0.25) is 0 Å². The Kier molecular flexibility index (Phi) is 6.47. The summed E-state index contributed by atoms with van der Waals surface area (Å²) in [6.07, 6.45) is 1.99. The maximum Gasteiger partial charge on any atom is 0.185 e. The average molecular weight is 256 g/mol. The first kappa shape index (κ1) is 14.4. The van der Waals surface area contributed by atoms with E-state index in [0.29, 0.717) is 0 Å². The summed E-state index contributed by atoms with van der Waals surface area (Å²) in [6.45, 7) is 9.40. The van der Waals surface area contributed by atoms with E-state index in [0.717, 1.165) is 37.9 Å². The van der Waals surface area contributed by atoms with Crippen molar-refractivity contribution in [2.75, 3.05) is 45.2 Å². The van der Waals surface area contributed by atoms with Gasteiger partial charge in [-0.15, -0.1) is 11.3 Å². The third-order valence-electron chi connectivity index (χ3n) is 2.61. The fourth-order valence-electron chi connectivity index (χ4n) is 1.53. The van der Waals surface area contributed by atoms with E-state index in [1.54, 1.807) is 11.3 Å². The first-order chi connectivity index (χ1) is 8.17. The number of rotatable bonds is 8. The molecule has 1 N–H and O–H groups in total. The summed E-state index contributed by atoms with van der Waals surface area (Å²) in [5, 5.41) is 4.57. The van der Waals surface area contributed by atoms with E-state index in [1.807, 2.05) is 6.20 Å². The molecule has 98 valence electrons. The van der Waals surface area contributed by atoms with Crippen molar-refractivity contribution in [2.45, 2.75) is 20.4 Å². The summed E-state index contributed by atoms with van der Waals surface area (Å²) in [5.41, 5.74) is 0. The van der Waals surface area contributed by atoms with E-state index in [9.17, 15) is 0 Å². The summed E-state index contributed by atoms with van der Waals surface area (Å²) in [4.78, 5) is 10.2. The number of hydrogen-bond acceptors (Lipinski definition) is 5. The normalized spacial score (nSPS) is 11.1. The summed E-state index contributed by atoms with van der Waals surface area (Å²) in [6, 6.07) is 0. The van der Waals surface area contributed by atoms with Crippen molar-refractivity contribution >= 4 is 16.5 Å². The molecule has 0 fully saturated rings. The molecule has 0 aliphatic heterocycles. The molecular formula is C12H24N4S. The van der Waals surface area contributed by atoms with Crippen LogP contribution in [0, 0.1) is 0 Å². The van der Waals surface area contributed by atoms with Crippen LogP contribution < -0.4 is 10.2 Å². The van der Waals surface area contributed by atoms with Crippen LogP contribution in [-0.4, -0.2) is 50.2 Å². The predicted molar refractivity (Wildman–Crippen MR) is 75.9 cm³/mol. The van der Waals surface area contributed by atoms with Gasteiger partial charge in [0.2, 0.25) is 0 Å². The third-order valence-corrected chi connectivity index (χ3v) is 3.67. The van der Waals surface area contributed by atoms with Crippen LogP contribution in [0.25, 0.3) is 0 Å². The van der Waals surface area contributed by atoms with Gasteiger partial charge in [0.15, 0.2) is 5.13 Å². The Morgan fingerprint density at radius 3 is 2.59 bits per heavy atom. The van der Waals surface area contributed by atoms with E-state index in [2.05, 4.69) is 48.0 Å². The van der Waals surface area contributed by atoms with Crippen LogP contribution in [-0.2, 0) is 6.54 Å². The summed E-state index contributed by atoms with van der Waals surface area (Å²) < 4.78 is 0. The number of nitrogens with zero attached hydrogens (tertiary/aromatic N) is 3. The SMILES string of the molecule is CCN(CC)c1ncc(CNCCN(C)C)s1. The Balaban J connectivity index is 2.35. The van der Waals surface area contributed by atoms with Gasteiger partial charge in [-0.05, 0) is 27.9 Å². The molecular weight excluding hydrogens is 232 g/mol. The molecule has 0 saturated heterocycles. The molecule has 0 aliphatic rings. The molecule has 1 heterocycles. The largest absolute Gasteiger partial charge is 0.349 e. The second kappa shape index (κ2) is 7.63. The van der Waals surface area contributed by atoms with Gasteiger partial charge in [-0.25, -0.2) is 4.98 Å². The molecule has 1 rings (SSSR count). The molecule has 17 heavy (non-hydrogen) atoms. The molecule has 4 nitrogen and oxygen atoms in total. The van der Waals surface area contributed by atoms with Crippen LogP contribution >= 0.6 is 11.3 Å². The quantitative estimate of drug-likeness (QED) is 0.717. The summed E-state index contributed by atoms with van der Waals surface area (Å²) in [7, 11) is 4.18. The zero-order valence-corrected chi connectivity index (χ0v) is 12.2. The monoisotopic (exact) mass is 256 g/mol. The second-order valence-corrected chi connectivity index (χ2v) is 5.36. The van der Waals surface area contributed by atoms with Crippen molar-refractivity contribution in [1.82, 2.24) is 15.2 Å². The zero-order valence-electron chi connectivity index (χ0n) is 11.4. The summed E-state index contributed by atoms with van der Waals surface area (Å²) in [5.74, 6) is 0. The number of aromatic nitrogens is 1. The van der Waals surface area contributed by atoms with Crippen molar-refractivity contribution in [3.05, 3.63) is 11.1 Å². The highest BCUT2D eigenvalue weighted by atomic mass is 32.1. The molecule has 0 bridgehead atoms. The van der Waals surface area contributed by atoms with Gasteiger partial charge >= 0.3 is 0 Å². The van der Waals surface area contributed by atoms with E-state index >= 15 is 0 Å². The smallest absolute Gasteiger partial charge is 0.185 e. The Morgan fingerprint density at radius 1 is 1.29 bits per heavy atom. The Labute approximate surface area is 109 Å². The molecule has 0 amide bonds. The van der Waals surface area contributed by atoms with Gasteiger partial charge in [0, 0.05) is 43.8 Å². The molecule has 0 spiro atoms. The van der Waals surface area contributed by atoms with Crippen LogP contribution in [0.15, 0.2) is 6.20 Å². The minimum absolute atomic E-state index is 0.923. The van der Waals surface area contributed by atoms with E-state index in [-0.39, 0.29) is 0 Å². The number of hydrogen-bond donors (Lipinski definition) is 1. The van der Waals surface area contributed by atoms with Crippen molar-refractivity contribution in [1.29, 1.82) is 0 Å². The van der Waals surface area contributed by atoms with Gasteiger partial charge in [0.1, 0.15) is 0 Å². The predicted octanol–water partition coefficient (Wildman–Crippen LogP) is 1.64.